The molecule has 0 aliphatic heterocycles. The molecule has 0 bridgehead atoms. The zero-order valence-electron chi connectivity index (χ0n) is 9.73. The molecule has 0 saturated heterocycles. The molecule has 2 N–H and O–H groups in total. The van der Waals surface area contributed by atoms with Crippen molar-refractivity contribution in [2.45, 2.75) is 13.8 Å². The van der Waals surface area contributed by atoms with Gasteiger partial charge in [-0.2, -0.15) is 0 Å². The van der Waals surface area contributed by atoms with E-state index in [9.17, 15) is 9.90 Å². The fourth-order valence-corrected chi connectivity index (χ4v) is 1.95. The number of rotatable bonds is 4. The summed E-state index contributed by atoms with van der Waals surface area (Å²) in [6.07, 6.45) is 1.94. The van der Waals surface area contributed by atoms with Gasteiger partial charge in [0, 0.05) is 4.91 Å². The molecule has 0 aromatic heterocycles. The van der Waals surface area contributed by atoms with Crippen molar-refractivity contribution in [1.29, 1.82) is 0 Å². The predicted molar refractivity (Wildman–Crippen MR) is 71.1 cm³/mol. The van der Waals surface area contributed by atoms with Crippen LogP contribution in [-0.4, -0.2) is 16.2 Å². The molecular formula is C13H14O3S. The van der Waals surface area contributed by atoms with Crippen LogP contribution in [0.2, 0.25) is 0 Å². The van der Waals surface area contributed by atoms with Crippen LogP contribution in [0.1, 0.15) is 29.8 Å². The minimum Gasteiger partial charge on any atom is -0.508 e. The number of carbonyl (C=O) groups is 1. The van der Waals surface area contributed by atoms with E-state index in [0.29, 0.717) is 10.5 Å². The maximum Gasteiger partial charge on any atom is 0.335 e. The lowest BCUT2D eigenvalue weighted by Gasteiger charge is -2.07. The van der Waals surface area contributed by atoms with E-state index >= 15 is 0 Å². The molecule has 3 nitrogen and oxygen atoms in total. The third-order valence-corrected chi connectivity index (χ3v) is 3.22. The lowest BCUT2D eigenvalue weighted by atomic mass is 10.1. The fourth-order valence-electron chi connectivity index (χ4n) is 1.21. The highest BCUT2D eigenvalue weighted by Gasteiger charge is 2.09. The third kappa shape index (κ3) is 3.67. The highest BCUT2D eigenvalue weighted by atomic mass is 32.2. The number of hydrogen-bond acceptors (Lipinski definition) is 3. The lowest BCUT2D eigenvalue weighted by Crippen LogP contribution is -1.96. The summed E-state index contributed by atoms with van der Waals surface area (Å²) in [6.45, 7) is 7.73. The number of carboxylic acid groups (broad SMARTS) is 1. The van der Waals surface area contributed by atoms with Crippen molar-refractivity contribution in [3.05, 3.63) is 46.9 Å². The Morgan fingerprint density at radius 3 is 2.47 bits per heavy atom. The van der Waals surface area contributed by atoms with Gasteiger partial charge in [-0.05, 0) is 42.5 Å². The summed E-state index contributed by atoms with van der Waals surface area (Å²) >= 11 is 1.44. The highest BCUT2D eigenvalue weighted by molar-refractivity contribution is 8.11. The summed E-state index contributed by atoms with van der Waals surface area (Å²) in [6, 6.07) is 4.22. The van der Waals surface area contributed by atoms with Crippen LogP contribution in [0.4, 0.5) is 0 Å². The van der Waals surface area contributed by atoms with E-state index in [0.717, 1.165) is 4.91 Å². The van der Waals surface area contributed by atoms with Crippen LogP contribution in [0.25, 0.3) is 4.91 Å². The molecule has 0 heterocycles. The molecule has 0 radical (unpaired) electrons. The zero-order valence-corrected chi connectivity index (χ0v) is 10.5. The van der Waals surface area contributed by atoms with Gasteiger partial charge in [0.2, 0.25) is 0 Å². The minimum absolute atomic E-state index is 0.0554. The molecule has 1 aromatic carbocycles. The first-order chi connectivity index (χ1) is 7.93. The number of benzene rings is 1. The van der Waals surface area contributed by atoms with Crippen molar-refractivity contribution in [1.82, 2.24) is 0 Å². The maximum atomic E-state index is 10.8. The van der Waals surface area contributed by atoms with E-state index in [1.165, 1.54) is 30.0 Å². The number of aromatic carboxylic acids is 1. The largest absolute Gasteiger partial charge is 0.508 e. The normalized spacial score (nSPS) is 11.3. The number of hydrogen-bond donors (Lipinski definition) is 2. The Kier molecular flexibility index (Phi) is 4.40. The Morgan fingerprint density at radius 1 is 1.35 bits per heavy atom. The van der Waals surface area contributed by atoms with Crippen molar-refractivity contribution in [3.8, 4) is 5.75 Å². The van der Waals surface area contributed by atoms with Gasteiger partial charge in [-0.3, -0.25) is 0 Å². The van der Waals surface area contributed by atoms with Crippen LogP contribution < -0.4 is 0 Å². The number of phenols is 1. The van der Waals surface area contributed by atoms with Gasteiger partial charge in [0.15, 0.2) is 0 Å². The molecule has 0 aliphatic rings. The van der Waals surface area contributed by atoms with Crippen LogP contribution in [0, 0.1) is 0 Å². The summed E-state index contributed by atoms with van der Waals surface area (Å²) in [5.74, 6) is -1.14. The predicted octanol–water partition coefficient (Wildman–Crippen LogP) is 3.72. The fraction of sp³-hybridized carbons (Fsp3) is 0.154. The SMILES string of the molecule is C=C(S/C(C)=C\C)c1cc(O)cc(C(=O)O)c1. The molecule has 0 unspecified atom stereocenters. The molecule has 0 saturated carbocycles. The molecule has 17 heavy (non-hydrogen) atoms. The van der Waals surface area contributed by atoms with Gasteiger partial charge in [0.1, 0.15) is 5.75 Å². The molecule has 0 spiro atoms. The minimum atomic E-state index is -1.07. The van der Waals surface area contributed by atoms with E-state index < -0.39 is 5.97 Å². The van der Waals surface area contributed by atoms with Crippen LogP contribution in [0.5, 0.6) is 5.75 Å². The monoisotopic (exact) mass is 250 g/mol. The standard InChI is InChI=1S/C13H14O3S/c1-4-8(2)17-9(3)10-5-11(13(15)16)7-12(14)6-10/h4-7,14H,3H2,1-2H3,(H,15,16)/b8-4-. The van der Waals surface area contributed by atoms with Crippen molar-refractivity contribution in [3.63, 3.8) is 0 Å². The average molecular weight is 250 g/mol. The van der Waals surface area contributed by atoms with Crippen LogP contribution >= 0.6 is 11.8 Å². The van der Waals surface area contributed by atoms with Crippen molar-refractivity contribution < 1.29 is 15.0 Å². The molecule has 90 valence electrons. The second-order valence-corrected chi connectivity index (χ2v) is 4.84. The van der Waals surface area contributed by atoms with Crippen LogP contribution in [0.15, 0.2) is 35.8 Å². The zero-order chi connectivity index (χ0) is 13.0. The van der Waals surface area contributed by atoms with Crippen molar-refractivity contribution in [2.24, 2.45) is 0 Å². The number of allylic oxidation sites excluding steroid dienone is 2. The molecule has 1 rings (SSSR count). The Hall–Kier alpha value is -1.68. The van der Waals surface area contributed by atoms with E-state index in [1.807, 2.05) is 19.9 Å². The summed E-state index contributed by atoms with van der Waals surface area (Å²) in [7, 11) is 0. The van der Waals surface area contributed by atoms with E-state index in [4.69, 9.17) is 5.11 Å². The van der Waals surface area contributed by atoms with Crippen LogP contribution in [0.3, 0.4) is 0 Å². The lowest BCUT2D eigenvalue weighted by molar-refractivity contribution is 0.0696. The Bertz CT molecular complexity index is 489. The number of thioether (sulfide) groups is 1. The molecule has 0 amide bonds. The third-order valence-electron chi connectivity index (χ3n) is 2.18. The summed E-state index contributed by atoms with van der Waals surface area (Å²) < 4.78 is 0. The van der Waals surface area contributed by atoms with Gasteiger partial charge < -0.3 is 10.2 Å². The first-order valence-corrected chi connectivity index (χ1v) is 5.83. The quantitative estimate of drug-likeness (QED) is 0.855. The molecular weight excluding hydrogens is 236 g/mol. The Morgan fingerprint density at radius 2 is 1.94 bits per heavy atom. The summed E-state index contributed by atoms with van der Waals surface area (Å²) in [4.78, 5) is 12.6. The van der Waals surface area contributed by atoms with Gasteiger partial charge in [-0.25, -0.2) is 4.79 Å². The van der Waals surface area contributed by atoms with Gasteiger partial charge in [-0.1, -0.05) is 24.4 Å². The highest BCUT2D eigenvalue weighted by Crippen LogP contribution is 2.33. The maximum absolute atomic E-state index is 10.8. The molecule has 1 aromatic rings. The van der Waals surface area contributed by atoms with E-state index in [1.54, 1.807) is 0 Å². The Labute approximate surface area is 104 Å². The molecule has 0 atom stereocenters. The summed E-state index contributed by atoms with van der Waals surface area (Å²) in [5.41, 5.74) is 0.675. The Balaban J connectivity index is 3.06. The van der Waals surface area contributed by atoms with Gasteiger partial charge in [0.05, 0.1) is 5.56 Å². The van der Waals surface area contributed by atoms with Crippen molar-refractivity contribution in [2.75, 3.05) is 0 Å². The number of aromatic hydroxyl groups is 1. The topological polar surface area (TPSA) is 57.5 Å². The second kappa shape index (κ2) is 5.59. The van der Waals surface area contributed by atoms with Gasteiger partial charge in [0.25, 0.3) is 0 Å². The first-order valence-electron chi connectivity index (χ1n) is 5.01. The van der Waals surface area contributed by atoms with Crippen molar-refractivity contribution >= 4 is 22.6 Å². The first kappa shape index (κ1) is 13.4. The van der Waals surface area contributed by atoms with Gasteiger partial charge in [-0.15, -0.1) is 0 Å². The molecule has 0 fully saturated rings. The smallest absolute Gasteiger partial charge is 0.335 e. The van der Waals surface area contributed by atoms with E-state index in [2.05, 4.69) is 6.58 Å². The van der Waals surface area contributed by atoms with E-state index in [-0.39, 0.29) is 11.3 Å². The number of carboxylic acids is 1. The summed E-state index contributed by atoms with van der Waals surface area (Å²) in [5, 5.41) is 18.3. The molecule has 0 aliphatic carbocycles. The second-order valence-electron chi connectivity index (χ2n) is 3.50. The van der Waals surface area contributed by atoms with Gasteiger partial charge >= 0.3 is 5.97 Å². The average Bonchev–Trinajstić information content (AvgIpc) is 2.27. The van der Waals surface area contributed by atoms with Crippen LogP contribution in [-0.2, 0) is 0 Å². The molecule has 4 heteroatoms. The number of phenolic OH excluding ortho intramolecular Hbond substituents is 1.